The normalized spacial score (nSPS) is 12.2. The first kappa shape index (κ1) is 38.4. The molecular weight excluding hydrogens is 480 g/mol. The van der Waals surface area contributed by atoms with Crippen LogP contribution in [-0.2, 0) is 9.53 Å². The van der Waals surface area contributed by atoms with Gasteiger partial charge in [-0.15, -0.1) is 0 Å². The number of hydrogen-bond acceptors (Lipinski definition) is 3. The second kappa shape index (κ2) is 33.6. The second-order valence-electron chi connectivity index (χ2n) is 12.4. The van der Waals surface area contributed by atoms with E-state index in [0.717, 1.165) is 25.7 Å². The smallest absolute Gasteiger partial charge is 0.305 e. The van der Waals surface area contributed by atoms with Gasteiger partial charge in [0, 0.05) is 6.42 Å². The summed E-state index contributed by atoms with van der Waals surface area (Å²) in [5.74, 6) is 0.0116. The van der Waals surface area contributed by atoms with E-state index in [1.54, 1.807) is 0 Å². The van der Waals surface area contributed by atoms with Crippen LogP contribution in [0.2, 0.25) is 0 Å². The number of ether oxygens (including phenoxy) is 1. The summed E-state index contributed by atoms with van der Waals surface area (Å²) < 4.78 is 5.39. The first-order valence-corrected chi connectivity index (χ1v) is 18.0. The summed E-state index contributed by atoms with van der Waals surface area (Å²) in [5.41, 5.74) is 0. The van der Waals surface area contributed by atoms with E-state index in [2.05, 4.69) is 13.8 Å². The second-order valence-corrected chi connectivity index (χ2v) is 12.4. The zero-order valence-corrected chi connectivity index (χ0v) is 27.0. The van der Waals surface area contributed by atoms with Gasteiger partial charge in [-0.1, -0.05) is 181 Å². The molecule has 1 atom stereocenters. The van der Waals surface area contributed by atoms with Crippen molar-refractivity contribution in [3.63, 3.8) is 0 Å². The molecule has 0 saturated carbocycles. The van der Waals surface area contributed by atoms with E-state index >= 15 is 0 Å². The highest BCUT2D eigenvalue weighted by molar-refractivity contribution is 5.69. The zero-order chi connectivity index (χ0) is 28.5. The lowest BCUT2D eigenvalue weighted by Gasteiger charge is -2.10. The Kier molecular flexibility index (Phi) is 33.1. The molecule has 0 unspecified atom stereocenters. The fourth-order valence-corrected chi connectivity index (χ4v) is 5.57. The van der Waals surface area contributed by atoms with E-state index < -0.39 is 0 Å². The summed E-state index contributed by atoms with van der Waals surface area (Å²) in [6.45, 7) is 5.13. The van der Waals surface area contributed by atoms with Crippen LogP contribution in [-0.4, -0.2) is 23.8 Å². The van der Waals surface area contributed by atoms with Crippen LogP contribution in [0.3, 0.4) is 0 Å². The van der Waals surface area contributed by atoms with Crippen molar-refractivity contribution in [2.24, 2.45) is 0 Å². The van der Waals surface area contributed by atoms with Crippen LogP contribution in [0, 0.1) is 0 Å². The molecule has 3 heteroatoms. The Morgan fingerprint density at radius 1 is 0.462 bits per heavy atom. The Bertz CT molecular complexity index is 464. The standard InChI is InChI=1S/C36H72O3/c1-3-5-7-9-20-25-29-33-36(38)39-34-30-26-22-19-17-15-13-11-12-14-16-18-21-24-28-32-35(37)31-27-23-10-8-6-4-2/h35,37H,3-34H2,1-2H3/t35-/m1/s1. The Balaban J connectivity index is 3.17. The van der Waals surface area contributed by atoms with E-state index in [4.69, 9.17) is 4.74 Å². The number of hydrogen-bond donors (Lipinski definition) is 1. The van der Waals surface area contributed by atoms with Crippen LogP contribution in [0.15, 0.2) is 0 Å². The number of rotatable bonds is 33. The lowest BCUT2D eigenvalue weighted by molar-refractivity contribution is -0.143. The summed E-state index contributed by atoms with van der Waals surface area (Å²) in [7, 11) is 0. The van der Waals surface area contributed by atoms with E-state index in [1.807, 2.05) is 0 Å². The summed E-state index contributed by atoms with van der Waals surface area (Å²) >= 11 is 0. The average Bonchev–Trinajstić information content (AvgIpc) is 2.93. The number of carbonyl (C=O) groups is 1. The molecule has 0 aliphatic carbocycles. The van der Waals surface area contributed by atoms with Crippen molar-refractivity contribution in [3.05, 3.63) is 0 Å². The van der Waals surface area contributed by atoms with Crippen LogP contribution in [0.5, 0.6) is 0 Å². The summed E-state index contributed by atoms with van der Waals surface area (Å²) in [4.78, 5) is 11.8. The van der Waals surface area contributed by atoms with Crippen molar-refractivity contribution in [3.8, 4) is 0 Å². The lowest BCUT2D eigenvalue weighted by Crippen LogP contribution is -2.05. The summed E-state index contributed by atoms with van der Waals surface area (Å²) in [6.07, 6.45) is 39.0. The van der Waals surface area contributed by atoms with Crippen molar-refractivity contribution in [2.45, 2.75) is 219 Å². The van der Waals surface area contributed by atoms with Crippen molar-refractivity contribution in [1.29, 1.82) is 0 Å². The van der Waals surface area contributed by atoms with E-state index in [0.29, 0.717) is 13.0 Å². The van der Waals surface area contributed by atoms with Gasteiger partial charge in [0.1, 0.15) is 0 Å². The zero-order valence-electron chi connectivity index (χ0n) is 27.0. The van der Waals surface area contributed by atoms with Crippen LogP contribution in [0.25, 0.3) is 0 Å². The van der Waals surface area contributed by atoms with Gasteiger partial charge in [0.05, 0.1) is 12.7 Å². The molecule has 234 valence electrons. The van der Waals surface area contributed by atoms with Gasteiger partial charge in [0.15, 0.2) is 0 Å². The van der Waals surface area contributed by atoms with Gasteiger partial charge < -0.3 is 9.84 Å². The summed E-state index contributed by atoms with van der Waals surface area (Å²) in [6, 6.07) is 0. The first-order chi connectivity index (χ1) is 19.2. The minimum absolute atomic E-state index is 0.0116. The number of aliphatic hydroxyl groups is 1. The van der Waals surface area contributed by atoms with Crippen LogP contribution < -0.4 is 0 Å². The molecule has 0 radical (unpaired) electrons. The van der Waals surface area contributed by atoms with Crippen LogP contribution >= 0.6 is 0 Å². The Hall–Kier alpha value is -0.570. The first-order valence-electron chi connectivity index (χ1n) is 18.0. The van der Waals surface area contributed by atoms with Gasteiger partial charge in [0.25, 0.3) is 0 Å². The Morgan fingerprint density at radius 2 is 0.769 bits per heavy atom. The highest BCUT2D eigenvalue weighted by Crippen LogP contribution is 2.16. The Morgan fingerprint density at radius 3 is 1.15 bits per heavy atom. The van der Waals surface area contributed by atoms with Crippen molar-refractivity contribution >= 4 is 5.97 Å². The van der Waals surface area contributed by atoms with E-state index in [9.17, 15) is 9.90 Å². The molecular formula is C36H72O3. The molecule has 0 saturated heterocycles. The maximum atomic E-state index is 11.8. The molecule has 3 nitrogen and oxygen atoms in total. The third kappa shape index (κ3) is 33.5. The molecule has 39 heavy (non-hydrogen) atoms. The monoisotopic (exact) mass is 553 g/mol. The topological polar surface area (TPSA) is 46.5 Å². The molecule has 0 bridgehead atoms. The molecule has 0 aromatic carbocycles. The molecule has 0 amide bonds. The molecule has 0 fully saturated rings. The fraction of sp³-hybridized carbons (Fsp3) is 0.972. The third-order valence-corrected chi connectivity index (χ3v) is 8.32. The largest absolute Gasteiger partial charge is 0.466 e. The van der Waals surface area contributed by atoms with Crippen molar-refractivity contribution < 1.29 is 14.6 Å². The highest BCUT2D eigenvalue weighted by atomic mass is 16.5. The summed E-state index contributed by atoms with van der Waals surface area (Å²) in [5, 5.41) is 10.1. The lowest BCUT2D eigenvalue weighted by atomic mass is 10.0. The van der Waals surface area contributed by atoms with E-state index in [1.165, 1.54) is 167 Å². The molecule has 0 rings (SSSR count). The van der Waals surface area contributed by atoms with Crippen molar-refractivity contribution in [2.75, 3.05) is 6.61 Å². The fourth-order valence-electron chi connectivity index (χ4n) is 5.57. The van der Waals surface area contributed by atoms with Gasteiger partial charge in [0.2, 0.25) is 0 Å². The van der Waals surface area contributed by atoms with Gasteiger partial charge in [-0.05, 0) is 25.7 Å². The minimum Gasteiger partial charge on any atom is -0.466 e. The quantitative estimate of drug-likeness (QED) is 0.0650. The minimum atomic E-state index is -0.0507. The molecule has 1 N–H and O–H groups in total. The highest BCUT2D eigenvalue weighted by Gasteiger charge is 2.04. The molecule has 0 heterocycles. The van der Waals surface area contributed by atoms with Crippen molar-refractivity contribution in [1.82, 2.24) is 0 Å². The van der Waals surface area contributed by atoms with Gasteiger partial charge in [-0.25, -0.2) is 0 Å². The maximum absolute atomic E-state index is 11.8. The number of aliphatic hydroxyl groups excluding tert-OH is 1. The van der Waals surface area contributed by atoms with Gasteiger partial charge in [-0.3, -0.25) is 4.79 Å². The van der Waals surface area contributed by atoms with Crippen LogP contribution in [0.1, 0.15) is 213 Å². The SMILES string of the molecule is CCCCCCCCCC(=O)OCCCCCCCCCCCCCCCCC[C@H](O)CCCCCCCC. The van der Waals surface area contributed by atoms with Crippen LogP contribution in [0.4, 0.5) is 0 Å². The molecule has 0 spiro atoms. The Labute approximate surface area is 246 Å². The number of esters is 1. The van der Waals surface area contributed by atoms with Gasteiger partial charge in [-0.2, -0.15) is 0 Å². The predicted molar refractivity (Wildman–Crippen MR) is 171 cm³/mol. The molecule has 0 aromatic heterocycles. The molecule has 0 aliphatic heterocycles. The number of carbonyl (C=O) groups excluding carboxylic acids is 1. The predicted octanol–water partition coefficient (Wildman–Crippen LogP) is 12.0. The number of unbranched alkanes of at least 4 members (excludes halogenated alkanes) is 25. The van der Waals surface area contributed by atoms with Gasteiger partial charge >= 0.3 is 5.97 Å². The third-order valence-electron chi connectivity index (χ3n) is 8.32. The maximum Gasteiger partial charge on any atom is 0.305 e. The molecule has 0 aromatic rings. The average molecular weight is 553 g/mol. The van der Waals surface area contributed by atoms with E-state index in [-0.39, 0.29) is 12.1 Å². The molecule has 0 aliphatic rings.